The van der Waals surface area contributed by atoms with Crippen LogP contribution in [0.15, 0.2) is 15.5 Å². The molecule has 1 fully saturated rings. The molecule has 0 bridgehead atoms. The normalized spacial score (nSPS) is 16.9. The van der Waals surface area contributed by atoms with Crippen molar-refractivity contribution in [3.05, 3.63) is 21.0 Å². The summed E-state index contributed by atoms with van der Waals surface area (Å²) in [5.41, 5.74) is 0.845. The Labute approximate surface area is 122 Å². The third-order valence-corrected chi connectivity index (χ3v) is 4.44. The van der Waals surface area contributed by atoms with Crippen LogP contribution in [0.4, 0.5) is 5.69 Å². The Kier molecular flexibility index (Phi) is 4.99. The van der Waals surface area contributed by atoms with Crippen molar-refractivity contribution < 1.29 is 0 Å². The molecule has 1 N–H and O–H groups in total. The van der Waals surface area contributed by atoms with Crippen molar-refractivity contribution in [2.45, 2.75) is 19.8 Å². The quantitative estimate of drug-likeness (QED) is 0.906. The lowest BCUT2D eigenvalue weighted by atomic mass is 9.96. The van der Waals surface area contributed by atoms with Gasteiger partial charge in [-0.3, -0.25) is 4.79 Å². The van der Waals surface area contributed by atoms with Crippen molar-refractivity contribution in [3.8, 4) is 0 Å². The largest absolute Gasteiger partial charge is 0.369 e. The van der Waals surface area contributed by atoms with E-state index in [0.29, 0.717) is 4.47 Å². The van der Waals surface area contributed by atoms with Crippen LogP contribution in [-0.2, 0) is 7.05 Å². The molecule has 1 saturated heterocycles. The van der Waals surface area contributed by atoms with E-state index in [1.807, 2.05) is 0 Å². The molecule has 1 aromatic rings. The molecular formula is C13H21BrN4O. The molecule has 0 spiro atoms. The van der Waals surface area contributed by atoms with Crippen molar-refractivity contribution in [3.63, 3.8) is 0 Å². The summed E-state index contributed by atoms with van der Waals surface area (Å²) in [5, 5.41) is 7.51. The standard InChI is InChI=1S/C13H21BrN4O/c1-3-15-8-10-4-6-18(7-5-10)11-9-16-17(2)13(19)12(11)14/h9-10,15H,3-8H2,1-2H3. The van der Waals surface area contributed by atoms with Gasteiger partial charge in [-0.05, 0) is 47.8 Å². The zero-order valence-corrected chi connectivity index (χ0v) is 13.1. The molecule has 6 heteroatoms. The molecule has 0 saturated carbocycles. The predicted molar refractivity (Wildman–Crippen MR) is 80.7 cm³/mol. The summed E-state index contributed by atoms with van der Waals surface area (Å²) in [5.74, 6) is 0.745. The smallest absolute Gasteiger partial charge is 0.282 e. The first-order chi connectivity index (χ1) is 9.13. The number of halogens is 1. The molecule has 106 valence electrons. The Morgan fingerprint density at radius 1 is 1.47 bits per heavy atom. The van der Waals surface area contributed by atoms with Crippen molar-refractivity contribution in [1.82, 2.24) is 15.1 Å². The number of aromatic nitrogens is 2. The molecule has 0 aliphatic carbocycles. The Morgan fingerprint density at radius 3 is 2.79 bits per heavy atom. The SMILES string of the molecule is CCNCC1CCN(c2cnn(C)c(=O)c2Br)CC1. The van der Waals surface area contributed by atoms with E-state index >= 15 is 0 Å². The molecule has 2 rings (SSSR count). The van der Waals surface area contributed by atoms with Crippen LogP contribution in [0.5, 0.6) is 0 Å². The summed E-state index contributed by atoms with van der Waals surface area (Å²) in [6.07, 6.45) is 4.10. The monoisotopic (exact) mass is 328 g/mol. The first-order valence-corrected chi connectivity index (χ1v) is 7.60. The lowest BCUT2D eigenvalue weighted by Gasteiger charge is -2.33. The maximum Gasteiger partial charge on any atom is 0.282 e. The Hall–Kier alpha value is -0.880. The van der Waals surface area contributed by atoms with Crippen LogP contribution in [-0.4, -0.2) is 36.0 Å². The van der Waals surface area contributed by atoms with Crippen LogP contribution in [0.1, 0.15) is 19.8 Å². The average Bonchev–Trinajstić information content (AvgIpc) is 2.44. The van der Waals surface area contributed by atoms with E-state index < -0.39 is 0 Å². The second-order valence-corrected chi connectivity index (χ2v) is 5.80. The number of hydrogen-bond donors (Lipinski definition) is 1. The third-order valence-electron chi connectivity index (χ3n) is 3.70. The van der Waals surface area contributed by atoms with Gasteiger partial charge >= 0.3 is 0 Å². The van der Waals surface area contributed by atoms with Gasteiger partial charge in [0.2, 0.25) is 0 Å². The van der Waals surface area contributed by atoms with Gasteiger partial charge in [0, 0.05) is 20.1 Å². The van der Waals surface area contributed by atoms with Gasteiger partial charge in [-0.25, -0.2) is 4.68 Å². The molecule has 0 aromatic carbocycles. The van der Waals surface area contributed by atoms with Crippen LogP contribution < -0.4 is 15.8 Å². The molecular weight excluding hydrogens is 308 g/mol. The van der Waals surface area contributed by atoms with Crippen molar-refractivity contribution in [2.24, 2.45) is 13.0 Å². The molecule has 1 aromatic heterocycles. The number of piperidine rings is 1. The van der Waals surface area contributed by atoms with E-state index in [1.165, 1.54) is 4.68 Å². The van der Waals surface area contributed by atoms with Gasteiger partial charge in [-0.1, -0.05) is 6.92 Å². The highest BCUT2D eigenvalue weighted by atomic mass is 79.9. The lowest BCUT2D eigenvalue weighted by molar-refractivity contribution is 0.386. The van der Waals surface area contributed by atoms with E-state index in [0.717, 1.165) is 50.6 Å². The molecule has 2 heterocycles. The zero-order chi connectivity index (χ0) is 13.8. The number of aryl methyl sites for hydroxylation is 1. The van der Waals surface area contributed by atoms with Crippen LogP contribution in [0.3, 0.4) is 0 Å². The van der Waals surface area contributed by atoms with Gasteiger partial charge in [0.25, 0.3) is 5.56 Å². The second-order valence-electron chi connectivity index (χ2n) is 5.01. The van der Waals surface area contributed by atoms with Crippen LogP contribution >= 0.6 is 15.9 Å². The first-order valence-electron chi connectivity index (χ1n) is 6.81. The number of hydrogen-bond acceptors (Lipinski definition) is 4. The number of rotatable bonds is 4. The molecule has 5 nitrogen and oxygen atoms in total. The van der Waals surface area contributed by atoms with E-state index in [2.05, 4.69) is 38.2 Å². The molecule has 0 atom stereocenters. The van der Waals surface area contributed by atoms with Crippen LogP contribution in [0.25, 0.3) is 0 Å². The van der Waals surface area contributed by atoms with E-state index in [4.69, 9.17) is 0 Å². The summed E-state index contributed by atoms with van der Waals surface area (Å²) in [6, 6.07) is 0. The highest BCUT2D eigenvalue weighted by Gasteiger charge is 2.21. The predicted octanol–water partition coefficient (Wildman–Crippen LogP) is 1.37. The molecule has 19 heavy (non-hydrogen) atoms. The van der Waals surface area contributed by atoms with Gasteiger partial charge in [-0.2, -0.15) is 5.10 Å². The van der Waals surface area contributed by atoms with Gasteiger partial charge in [-0.15, -0.1) is 0 Å². The van der Waals surface area contributed by atoms with Gasteiger partial charge in [0.15, 0.2) is 0 Å². The van der Waals surface area contributed by atoms with E-state index in [1.54, 1.807) is 13.2 Å². The fourth-order valence-electron chi connectivity index (χ4n) is 2.45. The fourth-order valence-corrected chi connectivity index (χ4v) is 3.06. The van der Waals surface area contributed by atoms with Crippen molar-refractivity contribution >= 4 is 21.6 Å². The van der Waals surface area contributed by atoms with E-state index in [-0.39, 0.29) is 5.56 Å². The minimum absolute atomic E-state index is 0.0766. The van der Waals surface area contributed by atoms with Gasteiger partial charge < -0.3 is 10.2 Å². The maximum atomic E-state index is 11.9. The summed E-state index contributed by atoms with van der Waals surface area (Å²) in [4.78, 5) is 14.1. The zero-order valence-electron chi connectivity index (χ0n) is 11.5. The highest BCUT2D eigenvalue weighted by molar-refractivity contribution is 9.10. The average molecular weight is 329 g/mol. The third kappa shape index (κ3) is 3.36. The summed E-state index contributed by atoms with van der Waals surface area (Å²) in [6.45, 7) is 6.25. The minimum Gasteiger partial charge on any atom is -0.369 e. The van der Waals surface area contributed by atoms with Gasteiger partial charge in [0.05, 0.1) is 11.9 Å². The lowest BCUT2D eigenvalue weighted by Crippen LogP contribution is -2.38. The van der Waals surface area contributed by atoms with Crippen molar-refractivity contribution in [1.29, 1.82) is 0 Å². The molecule has 1 aliphatic heterocycles. The highest BCUT2D eigenvalue weighted by Crippen LogP contribution is 2.26. The Morgan fingerprint density at radius 2 is 2.16 bits per heavy atom. The first kappa shape index (κ1) is 14.5. The fraction of sp³-hybridized carbons (Fsp3) is 0.692. The Bertz CT molecular complexity index is 480. The summed E-state index contributed by atoms with van der Waals surface area (Å²) >= 11 is 3.40. The molecule has 1 aliphatic rings. The van der Waals surface area contributed by atoms with Crippen molar-refractivity contribution in [2.75, 3.05) is 31.1 Å². The number of anilines is 1. The maximum absolute atomic E-state index is 11.9. The number of nitrogens with zero attached hydrogens (tertiary/aromatic N) is 3. The van der Waals surface area contributed by atoms with E-state index in [9.17, 15) is 4.79 Å². The molecule has 0 amide bonds. The second kappa shape index (κ2) is 6.52. The minimum atomic E-state index is -0.0766. The van der Waals surface area contributed by atoms with Gasteiger partial charge in [0.1, 0.15) is 4.47 Å². The number of nitrogens with one attached hydrogen (secondary N) is 1. The van der Waals surface area contributed by atoms with Crippen LogP contribution in [0.2, 0.25) is 0 Å². The topological polar surface area (TPSA) is 50.2 Å². The van der Waals surface area contributed by atoms with Crippen LogP contribution in [0, 0.1) is 5.92 Å². The summed E-state index contributed by atoms with van der Waals surface area (Å²) < 4.78 is 1.97. The molecule has 0 unspecified atom stereocenters. The Balaban J connectivity index is 2.02. The summed E-state index contributed by atoms with van der Waals surface area (Å²) in [7, 11) is 1.67. The molecule has 0 radical (unpaired) electrons.